The summed E-state index contributed by atoms with van der Waals surface area (Å²) in [6, 6.07) is 0. The molecule has 0 aromatic rings. The van der Waals surface area contributed by atoms with E-state index in [2.05, 4.69) is 15.9 Å². The van der Waals surface area contributed by atoms with E-state index in [9.17, 15) is 9.59 Å². The van der Waals surface area contributed by atoms with Gasteiger partial charge >= 0.3 is 11.9 Å². The first-order chi connectivity index (χ1) is 11.1. The van der Waals surface area contributed by atoms with Crippen LogP contribution in [0.2, 0.25) is 0 Å². The number of carbonyl (C=O) groups excluding carboxylic acids is 2. The number of ether oxygens (including phenoxy) is 2. The van der Waals surface area contributed by atoms with Gasteiger partial charge in [-0.15, -0.1) is 0 Å². The lowest BCUT2D eigenvalue weighted by molar-refractivity contribution is -0.155. The Hall–Kier alpha value is -0.580. The first-order valence-electron chi connectivity index (χ1n) is 8.99. The Morgan fingerprint density at radius 1 is 1.00 bits per heavy atom. The maximum absolute atomic E-state index is 11.7. The van der Waals surface area contributed by atoms with Gasteiger partial charge in [-0.25, -0.2) is 0 Å². The van der Waals surface area contributed by atoms with Gasteiger partial charge in [0, 0.05) is 5.33 Å². The summed E-state index contributed by atoms with van der Waals surface area (Å²) in [6.07, 6.45) is 9.77. The van der Waals surface area contributed by atoms with Gasteiger partial charge in [0.1, 0.15) is 0 Å². The Balaban J connectivity index is 0.000000238. The third kappa shape index (κ3) is 6.44. The summed E-state index contributed by atoms with van der Waals surface area (Å²) in [7, 11) is 0. The van der Waals surface area contributed by atoms with Crippen LogP contribution < -0.4 is 0 Å². The maximum Gasteiger partial charge on any atom is 0.312 e. The summed E-state index contributed by atoms with van der Waals surface area (Å²) in [5, 5.41) is 0.895. The van der Waals surface area contributed by atoms with Crippen LogP contribution in [0.5, 0.6) is 0 Å². The minimum Gasteiger partial charge on any atom is -0.466 e. The first-order valence-corrected chi connectivity index (χ1v) is 10.1. The Bertz CT molecular complexity index is 358. The largest absolute Gasteiger partial charge is 0.466 e. The van der Waals surface area contributed by atoms with E-state index in [0.29, 0.717) is 13.2 Å². The average molecular weight is 391 g/mol. The van der Waals surface area contributed by atoms with Crippen LogP contribution in [0.15, 0.2) is 0 Å². The second kappa shape index (κ2) is 11.1. The molecule has 0 radical (unpaired) electrons. The number of rotatable bonds is 6. The summed E-state index contributed by atoms with van der Waals surface area (Å²) < 4.78 is 10.0. The van der Waals surface area contributed by atoms with Crippen LogP contribution in [0.1, 0.15) is 71.6 Å². The second-order valence-electron chi connectivity index (χ2n) is 6.38. The predicted octanol–water partition coefficient (Wildman–Crippen LogP) is 4.63. The highest BCUT2D eigenvalue weighted by Crippen LogP contribution is 2.42. The Morgan fingerprint density at radius 3 is 2.04 bits per heavy atom. The van der Waals surface area contributed by atoms with Crippen molar-refractivity contribution in [2.75, 3.05) is 18.5 Å². The molecule has 23 heavy (non-hydrogen) atoms. The minimum atomic E-state index is -0.153. The van der Waals surface area contributed by atoms with Gasteiger partial charge in [0.15, 0.2) is 0 Å². The number of halogens is 1. The predicted molar refractivity (Wildman–Crippen MR) is 94.5 cm³/mol. The lowest BCUT2D eigenvalue weighted by atomic mass is 9.83. The van der Waals surface area contributed by atoms with E-state index < -0.39 is 0 Å². The van der Waals surface area contributed by atoms with Gasteiger partial charge in [-0.05, 0) is 46.0 Å². The van der Waals surface area contributed by atoms with Gasteiger partial charge in [-0.3, -0.25) is 9.59 Å². The van der Waals surface area contributed by atoms with Crippen molar-refractivity contribution >= 4 is 27.9 Å². The zero-order valence-corrected chi connectivity index (χ0v) is 16.2. The molecule has 2 fully saturated rings. The number of esters is 2. The molecule has 2 saturated carbocycles. The quantitative estimate of drug-likeness (QED) is 0.489. The van der Waals surface area contributed by atoms with Crippen molar-refractivity contribution < 1.29 is 19.1 Å². The topological polar surface area (TPSA) is 52.6 Å². The molecule has 0 aromatic carbocycles. The highest BCUT2D eigenvalue weighted by atomic mass is 79.9. The summed E-state index contributed by atoms with van der Waals surface area (Å²) in [6.45, 7) is 4.75. The average Bonchev–Trinajstić information content (AvgIpc) is 3.21. The fraction of sp³-hybridized carbons (Fsp3) is 0.889. The van der Waals surface area contributed by atoms with Crippen LogP contribution in [0.4, 0.5) is 0 Å². The van der Waals surface area contributed by atoms with Crippen molar-refractivity contribution in [1.82, 2.24) is 0 Å². The first kappa shape index (κ1) is 20.5. The Morgan fingerprint density at radius 2 is 1.57 bits per heavy atom. The molecule has 0 amide bonds. The van der Waals surface area contributed by atoms with Gasteiger partial charge in [0.05, 0.1) is 24.5 Å². The van der Waals surface area contributed by atoms with Crippen molar-refractivity contribution in [3.63, 3.8) is 0 Å². The minimum absolute atomic E-state index is 0.0139. The fourth-order valence-electron chi connectivity index (χ4n) is 3.49. The van der Waals surface area contributed by atoms with E-state index in [1.54, 1.807) is 0 Å². The van der Waals surface area contributed by atoms with E-state index in [0.717, 1.165) is 37.4 Å². The van der Waals surface area contributed by atoms with Gasteiger partial charge in [0.25, 0.3) is 0 Å². The van der Waals surface area contributed by atoms with E-state index in [-0.39, 0.29) is 23.3 Å². The van der Waals surface area contributed by atoms with Crippen LogP contribution in [-0.4, -0.2) is 30.5 Å². The zero-order chi connectivity index (χ0) is 17.1. The molecule has 5 heteroatoms. The van der Waals surface area contributed by atoms with Crippen molar-refractivity contribution in [3.05, 3.63) is 0 Å². The van der Waals surface area contributed by atoms with Crippen LogP contribution in [0.25, 0.3) is 0 Å². The molecule has 0 aliphatic heterocycles. The Kier molecular flexibility index (Phi) is 9.84. The van der Waals surface area contributed by atoms with Crippen molar-refractivity contribution in [2.45, 2.75) is 71.6 Å². The van der Waals surface area contributed by atoms with Crippen molar-refractivity contribution in [1.29, 1.82) is 0 Å². The third-order valence-corrected chi connectivity index (χ3v) is 5.21. The number of carbonyl (C=O) groups is 2. The van der Waals surface area contributed by atoms with Crippen molar-refractivity contribution in [3.8, 4) is 0 Å². The molecule has 0 heterocycles. The molecule has 2 aliphatic carbocycles. The summed E-state index contributed by atoms with van der Waals surface area (Å²) in [5.74, 6) is 0.256. The Labute approximate surface area is 148 Å². The second-order valence-corrected chi connectivity index (χ2v) is 7.17. The zero-order valence-electron chi connectivity index (χ0n) is 14.6. The molecule has 2 rings (SSSR count). The van der Waals surface area contributed by atoms with E-state index in [1.165, 1.54) is 25.7 Å². The lowest BCUT2D eigenvalue weighted by Crippen LogP contribution is -2.30. The van der Waals surface area contributed by atoms with E-state index in [4.69, 9.17) is 9.47 Å². The molecule has 0 bridgehead atoms. The lowest BCUT2D eigenvalue weighted by Gasteiger charge is -2.25. The van der Waals surface area contributed by atoms with Crippen molar-refractivity contribution in [2.24, 2.45) is 11.3 Å². The van der Waals surface area contributed by atoms with E-state index >= 15 is 0 Å². The van der Waals surface area contributed by atoms with Crippen LogP contribution in [-0.2, 0) is 19.1 Å². The molecule has 0 spiro atoms. The highest BCUT2D eigenvalue weighted by Gasteiger charge is 2.41. The molecule has 0 N–H and O–H groups in total. The molecule has 134 valence electrons. The molecule has 0 atom stereocenters. The van der Waals surface area contributed by atoms with Gasteiger partial charge in [-0.2, -0.15) is 0 Å². The normalized spacial score (nSPS) is 19.8. The summed E-state index contributed by atoms with van der Waals surface area (Å²) in [4.78, 5) is 22.7. The van der Waals surface area contributed by atoms with E-state index in [1.807, 2.05) is 13.8 Å². The number of hydrogen-bond donors (Lipinski definition) is 0. The molecule has 4 nitrogen and oxygen atoms in total. The summed E-state index contributed by atoms with van der Waals surface area (Å²) in [5.41, 5.74) is -0.153. The standard InChI is InChI=1S/C10H17BrO2.C8H14O2/c1-2-13-9(12)10(7-8-11)5-3-4-6-10;1-2-10-8(9)7-5-3-4-6-7/h2-8H2,1H3;7H,2-6H2,1H3. The molecule has 0 unspecified atom stereocenters. The van der Waals surface area contributed by atoms with Crippen LogP contribution in [0.3, 0.4) is 0 Å². The van der Waals surface area contributed by atoms with Gasteiger partial charge < -0.3 is 9.47 Å². The van der Waals surface area contributed by atoms with Crippen LogP contribution >= 0.6 is 15.9 Å². The fourth-order valence-corrected chi connectivity index (χ4v) is 4.25. The highest BCUT2D eigenvalue weighted by molar-refractivity contribution is 9.09. The number of hydrogen-bond acceptors (Lipinski definition) is 4. The molecule has 0 saturated heterocycles. The van der Waals surface area contributed by atoms with Crippen LogP contribution in [0, 0.1) is 11.3 Å². The third-order valence-electron chi connectivity index (χ3n) is 4.82. The molecular weight excluding hydrogens is 360 g/mol. The molecule has 2 aliphatic rings. The van der Waals surface area contributed by atoms with Gasteiger partial charge in [0.2, 0.25) is 0 Å². The molecule has 0 aromatic heterocycles. The monoisotopic (exact) mass is 390 g/mol. The number of alkyl halides is 1. The maximum atomic E-state index is 11.7. The molecular formula is C18H31BrO4. The summed E-state index contributed by atoms with van der Waals surface area (Å²) >= 11 is 3.41. The SMILES string of the molecule is CCOC(=O)C1(CCBr)CCCC1.CCOC(=O)C1CCCC1. The van der Waals surface area contributed by atoms with Gasteiger partial charge in [-0.1, -0.05) is 41.6 Å². The smallest absolute Gasteiger partial charge is 0.312 e.